The molecule has 24 heavy (non-hydrogen) atoms. The van der Waals surface area contributed by atoms with Crippen molar-refractivity contribution >= 4 is 5.91 Å². The van der Waals surface area contributed by atoms with Crippen LogP contribution in [0.25, 0.3) is 16.9 Å². The minimum atomic E-state index is -0.161. The van der Waals surface area contributed by atoms with Gasteiger partial charge in [0.1, 0.15) is 6.61 Å². The summed E-state index contributed by atoms with van der Waals surface area (Å²) in [7, 11) is 1.50. The minimum absolute atomic E-state index is 0.0391. The molecular weight excluding hydrogens is 304 g/mol. The standard InChI is InChI=1S/C18H18N4O2/c1-24-13-17(23)20-11-15-12-22(16-5-3-2-4-6-16)21-18(15)14-7-9-19-10-8-14/h2-10,12H,11,13H2,1H3,(H,20,23). The maximum atomic E-state index is 11.7. The number of carbonyl (C=O) groups is 1. The molecule has 1 amide bonds. The summed E-state index contributed by atoms with van der Waals surface area (Å²) in [5.74, 6) is -0.161. The largest absolute Gasteiger partial charge is 0.375 e. The number of para-hydroxylation sites is 1. The number of benzene rings is 1. The van der Waals surface area contributed by atoms with E-state index in [0.29, 0.717) is 6.54 Å². The summed E-state index contributed by atoms with van der Waals surface area (Å²) in [5.41, 5.74) is 3.66. The van der Waals surface area contributed by atoms with Crippen molar-refractivity contribution in [3.05, 3.63) is 66.6 Å². The maximum absolute atomic E-state index is 11.7. The van der Waals surface area contributed by atoms with Crippen LogP contribution in [-0.2, 0) is 16.1 Å². The zero-order chi connectivity index (χ0) is 16.8. The van der Waals surface area contributed by atoms with Crippen LogP contribution in [0, 0.1) is 0 Å². The maximum Gasteiger partial charge on any atom is 0.246 e. The molecule has 6 nitrogen and oxygen atoms in total. The van der Waals surface area contributed by atoms with E-state index in [1.165, 1.54) is 7.11 Å². The molecule has 1 N–H and O–H groups in total. The SMILES string of the molecule is COCC(=O)NCc1cn(-c2ccccc2)nc1-c1ccncc1. The number of rotatable bonds is 6. The Morgan fingerprint density at radius 3 is 2.62 bits per heavy atom. The fourth-order valence-electron chi connectivity index (χ4n) is 2.38. The van der Waals surface area contributed by atoms with Gasteiger partial charge in [-0.25, -0.2) is 4.68 Å². The normalized spacial score (nSPS) is 10.5. The van der Waals surface area contributed by atoms with Crippen LogP contribution in [0.5, 0.6) is 0 Å². The van der Waals surface area contributed by atoms with E-state index in [0.717, 1.165) is 22.5 Å². The summed E-state index contributed by atoms with van der Waals surface area (Å²) in [6, 6.07) is 13.7. The first-order chi connectivity index (χ1) is 11.8. The lowest BCUT2D eigenvalue weighted by atomic mass is 10.1. The molecule has 0 atom stereocenters. The van der Waals surface area contributed by atoms with Crippen LogP contribution in [0.2, 0.25) is 0 Å². The van der Waals surface area contributed by atoms with Crippen LogP contribution in [0.15, 0.2) is 61.1 Å². The smallest absolute Gasteiger partial charge is 0.246 e. The highest BCUT2D eigenvalue weighted by molar-refractivity contribution is 5.77. The molecule has 6 heteroatoms. The van der Waals surface area contributed by atoms with Crippen LogP contribution in [0.4, 0.5) is 0 Å². The number of aromatic nitrogens is 3. The van der Waals surface area contributed by atoms with Gasteiger partial charge in [-0.1, -0.05) is 18.2 Å². The highest BCUT2D eigenvalue weighted by atomic mass is 16.5. The molecule has 0 radical (unpaired) electrons. The molecule has 0 unspecified atom stereocenters. The third-order valence-electron chi connectivity index (χ3n) is 3.52. The number of methoxy groups -OCH3 is 1. The highest BCUT2D eigenvalue weighted by Gasteiger charge is 2.13. The second-order valence-electron chi connectivity index (χ2n) is 5.23. The van der Waals surface area contributed by atoms with E-state index >= 15 is 0 Å². The molecule has 0 aliphatic carbocycles. The van der Waals surface area contributed by atoms with E-state index < -0.39 is 0 Å². The van der Waals surface area contributed by atoms with E-state index in [9.17, 15) is 4.79 Å². The molecule has 122 valence electrons. The van der Waals surface area contributed by atoms with Crippen LogP contribution >= 0.6 is 0 Å². The van der Waals surface area contributed by atoms with E-state index in [-0.39, 0.29) is 12.5 Å². The summed E-state index contributed by atoms with van der Waals surface area (Å²) < 4.78 is 6.65. The number of hydrogen-bond acceptors (Lipinski definition) is 4. The van der Waals surface area contributed by atoms with Crippen molar-refractivity contribution in [3.63, 3.8) is 0 Å². The molecule has 0 saturated carbocycles. The summed E-state index contributed by atoms with van der Waals surface area (Å²) in [6.07, 6.45) is 5.38. The molecule has 0 aliphatic heterocycles. The number of pyridine rings is 1. The first kappa shape index (κ1) is 15.9. The lowest BCUT2D eigenvalue weighted by Gasteiger charge is -2.04. The Morgan fingerprint density at radius 1 is 1.17 bits per heavy atom. The molecule has 2 aromatic heterocycles. The van der Waals surface area contributed by atoms with Crippen molar-refractivity contribution in [2.75, 3.05) is 13.7 Å². The lowest BCUT2D eigenvalue weighted by Crippen LogP contribution is -2.26. The Hall–Kier alpha value is -2.99. The second-order valence-corrected chi connectivity index (χ2v) is 5.23. The summed E-state index contributed by atoms with van der Waals surface area (Å²) in [4.78, 5) is 15.7. The molecule has 0 aliphatic rings. The summed E-state index contributed by atoms with van der Waals surface area (Å²) in [6.45, 7) is 0.421. The molecule has 3 aromatic rings. The zero-order valence-electron chi connectivity index (χ0n) is 13.3. The summed E-state index contributed by atoms with van der Waals surface area (Å²) in [5, 5.41) is 7.52. The Balaban J connectivity index is 1.93. The third-order valence-corrected chi connectivity index (χ3v) is 3.52. The number of amides is 1. The van der Waals surface area contributed by atoms with Crippen molar-refractivity contribution in [1.82, 2.24) is 20.1 Å². The number of carbonyl (C=O) groups excluding carboxylic acids is 1. The predicted molar refractivity (Wildman–Crippen MR) is 90.5 cm³/mol. The van der Waals surface area contributed by atoms with Crippen molar-refractivity contribution < 1.29 is 9.53 Å². The van der Waals surface area contributed by atoms with Gasteiger partial charge in [-0.3, -0.25) is 9.78 Å². The van der Waals surface area contributed by atoms with Crippen molar-refractivity contribution in [2.24, 2.45) is 0 Å². The first-order valence-corrected chi connectivity index (χ1v) is 7.58. The van der Waals surface area contributed by atoms with Gasteiger partial charge >= 0.3 is 0 Å². The zero-order valence-corrected chi connectivity index (χ0v) is 13.3. The predicted octanol–water partition coefficient (Wildman–Crippen LogP) is 2.20. The average Bonchev–Trinajstić information content (AvgIpc) is 3.06. The quantitative estimate of drug-likeness (QED) is 0.755. The molecule has 3 rings (SSSR count). The van der Waals surface area contributed by atoms with Crippen LogP contribution in [-0.4, -0.2) is 34.4 Å². The van der Waals surface area contributed by atoms with Crippen LogP contribution < -0.4 is 5.32 Å². The Labute approximate surface area is 140 Å². The van der Waals surface area contributed by atoms with Gasteiger partial charge < -0.3 is 10.1 Å². The Morgan fingerprint density at radius 2 is 1.92 bits per heavy atom. The third kappa shape index (κ3) is 3.67. The topological polar surface area (TPSA) is 69.0 Å². The fraction of sp³-hybridized carbons (Fsp3) is 0.167. The van der Waals surface area contributed by atoms with Gasteiger partial charge in [0.25, 0.3) is 0 Å². The Kier molecular flexibility index (Phi) is 4.98. The van der Waals surface area contributed by atoms with Gasteiger partial charge in [0.05, 0.1) is 11.4 Å². The second kappa shape index (κ2) is 7.52. The molecular formula is C18H18N4O2. The van der Waals surface area contributed by atoms with E-state index in [2.05, 4.69) is 15.4 Å². The molecule has 0 spiro atoms. The van der Waals surface area contributed by atoms with Crippen LogP contribution in [0.1, 0.15) is 5.56 Å². The van der Waals surface area contributed by atoms with Crippen molar-refractivity contribution in [1.29, 1.82) is 0 Å². The Bertz CT molecular complexity index is 800. The van der Waals surface area contributed by atoms with Crippen LogP contribution in [0.3, 0.4) is 0 Å². The first-order valence-electron chi connectivity index (χ1n) is 7.58. The number of ether oxygens (including phenoxy) is 1. The van der Waals surface area contributed by atoms with E-state index in [1.807, 2.05) is 53.3 Å². The molecule has 0 bridgehead atoms. The summed E-state index contributed by atoms with van der Waals surface area (Å²) >= 11 is 0. The average molecular weight is 322 g/mol. The van der Waals surface area contributed by atoms with Crippen molar-refractivity contribution in [3.8, 4) is 16.9 Å². The number of nitrogens with zero attached hydrogens (tertiary/aromatic N) is 3. The minimum Gasteiger partial charge on any atom is -0.375 e. The number of nitrogens with one attached hydrogen (secondary N) is 1. The van der Waals surface area contributed by atoms with Gasteiger partial charge in [-0.2, -0.15) is 5.10 Å². The van der Waals surface area contributed by atoms with E-state index in [1.54, 1.807) is 12.4 Å². The van der Waals surface area contributed by atoms with Crippen molar-refractivity contribution in [2.45, 2.75) is 6.54 Å². The fourth-order valence-corrected chi connectivity index (χ4v) is 2.38. The molecule has 0 fully saturated rings. The lowest BCUT2D eigenvalue weighted by molar-refractivity contribution is -0.124. The van der Waals surface area contributed by atoms with Gasteiger partial charge in [0.15, 0.2) is 0 Å². The highest BCUT2D eigenvalue weighted by Crippen LogP contribution is 2.23. The number of hydrogen-bond donors (Lipinski definition) is 1. The monoisotopic (exact) mass is 322 g/mol. The van der Waals surface area contributed by atoms with E-state index in [4.69, 9.17) is 4.74 Å². The van der Waals surface area contributed by atoms with Gasteiger partial charge in [0, 0.05) is 43.4 Å². The van der Waals surface area contributed by atoms with Gasteiger partial charge in [0.2, 0.25) is 5.91 Å². The van der Waals surface area contributed by atoms with Gasteiger partial charge in [-0.05, 0) is 24.3 Å². The molecule has 2 heterocycles. The van der Waals surface area contributed by atoms with Gasteiger partial charge in [-0.15, -0.1) is 0 Å². The molecule has 0 saturated heterocycles. The molecule has 1 aromatic carbocycles.